The molecule has 10 heteroatoms. The van der Waals surface area contributed by atoms with Crippen LogP contribution in [0.25, 0.3) is 0 Å². The molecule has 0 aliphatic heterocycles. The van der Waals surface area contributed by atoms with Gasteiger partial charge in [0.05, 0.1) is 28.1 Å². The number of amides is 2. The summed E-state index contributed by atoms with van der Waals surface area (Å²) in [5.41, 5.74) is 1.16. The molecule has 0 saturated heterocycles. The maximum Gasteiger partial charge on any atom is 0.341 e. The Bertz CT molecular complexity index is 1180. The van der Waals surface area contributed by atoms with E-state index in [4.69, 9.17) is 39.5 Å². The van der Waals surface area contributed by atoms with Gasteiger partial charge < -0.3 is 15.4 Å². The van der Waals surface area contributed by atoms with Gasteiger partial charge in [-0.2, -0.15) is 0 Å². The lowest BCUT2D eigenvalue weighted by Gasteiger charge is -2.07. The quantitative estimate of drug-likeness (QED) is 0.405. The van der Waals surface area contributed by atoms with E-state index in [2.05, 4.69) is 10.6 Å². The van der Waals surface area contributed by atoms with Crippen LogP contribution in [0.3, 0.4) is 0 Å². The Morgan fingerprint density at radius 1 is 0.903 bits per heavy atom. The second-order valence-electron chi connectivity index (χ2n) is 6.29. The predicted octanol–water partition coefficient (Wildman–Crippen LogP) is 6.31. The number of nitrogens with one attached hydrogen (secondary N) is 2. The van der Waals surface area contributed by atoms with Crippen molar-refractivity contribution >= 4 is 74.6 Å². The van der Waals surface area contributed by atoms with Gasteiger partial charge in [0.15, 0.2) is 0 Å². The largest absolute Gasteiger partial charge is 0.465 e. The van der Waals surface area contributed by atoms with Crippen LogP contribution < -0.4 is 10.6 Å². The molecule has 0 fully saturated rings. The van der Waals surface area contributed by atoms with Gasteiger partial charge in [-0.25, -0.2) is 4.79 Å². The first-order chi connectivity index (χ1) is 14.7. The third-order valence-corrected chi connectivity index (χ3v) is 6.25. The van der Waals surface area contributed by atoms with Gasteiger partial charge in [-0.3, -0.25) is 9.59 Å². The van der Waals surface area contributed by atoms with Gasteiger partial charge in [0.2, 0.25) is 0 Å². The average Bonchev–Trinajstić information content (AvgIpc) is 3.04. The molecule has 6 nitrogen and oxygen atoms in total. The van der Waals surface area contributed by atoms with Crippen molar-refractivity contribution in [1.29, 1.82) is 0 Å². The van der Waals surface area contributed by atoms with Crippen LogP contribution >= 0.6 is 46.1 Å². The molecule has 160 valence electrons. The number of anilines is 2. The van der Waals surface area contributed by atoms with E-state index in [1.807, 2.05) is 0 Å². The summed E-state index contributed by atoms with van der Waals surface area (Å²) in [6.07, 6.45) is 0. The standard InChI is InChI=1S/C21H15Cl3N2O4S/c1-10-16(21(29)30-2)20(26-18(27)14-8-5-12(23)9-15(14)24)31-17(10)19(28)25-13-6-3-11(22)4-7-13/h3-9H,1-2H3,(H,25,28)(H,26,27). The first kappa shape index (κ1) is 23.1. The minimum atomic E-state index is -0.684. The average molecular weight is 498 g/mol. The highest BCUT2D eigenvalue weighted by molar-refractivity contribution is 7.19. The summed E-state index contributed by atoms with van der Waals surface area (Å²) in [4.78, 5) is 38.1. The van der Waals surface area contributed by atoms with Crippen LogP contribution in [0.5, 0.6) is 0 Å². The van der Waals surface area contributed by atoms with Gasteiger partial charge in [-0.15, -0.1) is 11.3 Å². The molecule has 0 unspecified atom stereocenters. The van der Waals surface area contributed by atoms with E-state index in [0.717, 1.165) is 11.3 Å². The van der Waals surface area contributed by atoms with Crippen molar-refractivity contribution in [3.05, 3.63) is 79.1 Å². The van der Waals surface area contributed by atoms with E-state index in [1.54, 1.807) is 31.2 Å². The van der Waals surface area contributed by atoms with Crippen LogP contribution in [0, 0.1) is 6.92 Å². The summed E-state index contributed by atoms with van der Waals surface area (Å²) in [5, 5.41) is 6.61. The summed E-state index contributed by atoms with van der Waals surface area (Å²) >= 11 is 18.8. The van der Waals surface area contributed by atoms with Crippen molar-refractivity contribution < 1.29 is 19.1 Å². The molecule has 0 atom stereocenters. The Kier molecular flexibility index (Phi) is 7.23. The summed E-state index contributed by atoms with van der Waals surface area (Å²) in [6, 6.07) is 11.0. The van der Waals surface area contributed by atoms with Crippen molar-refractivity contribution in [2.75, 3.05) is 17.7 Å². The molecule has 0 aliphatic rings. The molecule has 3 aromatic rings. The third kappa shape index (κ3) is 5.19. The second kappa shape index (κ2) is 9.70. The minimum absolute atomic E-state index is 0.0900. The van der Waals surface area contributed by atoms with Crippen molar-refractivity contribution in [3.8, 4) is 0 Å². The van der Waals surface area contributed by atoms with Gasteiger partial charge in [0, 0.05) is 15.7 Å². The number of carbonyl (C=O) groups is 3. The Morgan fingerprint density at radius 3 is 2.16 bits per heavy atom. The van der Waals surface area contributed by atoms with Gasteiger partial charge in [-0.1, -0.05) is 34.8 Å². The number of esters is 1. The van der Waals surface area contributed by atoms with Gasteiger partial charge >= 0.3 is 5.97 Å². The maximum absolute atomic E-state index is 12.8. The van der Waals surface area contributed by atoms with E-state index in [9.17, 15) is 14.4 Å². The summed E-state index contributed by atoms with van der Waals surface area (Å²) in [7, 11) is 1.22. The van der Waals surface area contributed by atoms with E-state index in [1.165, 1.54) is 25.3 Å². The van der Waals surface area contributed by atoms with E-state index in [-0.39, 0.29) is 26.0 Å². The van der Waals surface area contributed by atoms with Crippen molar-refractivity contribution in [1.82, 2.24) is 0 Å². The highest BCUT2D eigenvalue weighted by atomic mass is 35.5. The second-order valence-corrected chi connectivity index (χ2v) is 8.59. The third-order valence-electron chi connectivity index (χ3n) is 4.25. The Balaban J connectivity index is 1.94. The van der Waals surface area contributed by atoms with Gasteiger partial charge in [-0.05, 0) is 55.0 Å². The van der Waals surface area contributed by atoms with E-state index in [0.29, 0.717) is 21.3 Å². The zero-order valence-electron chi connectivity index (χ0n) is 16.2. The van der Waals surface area contributed by atoms with Crippen LogP contribution in [0.2, 0.25) is 15.1 Å². The number of thiophene rings is 1. The molecule has 0 spiro atoms. The first-order valence-electron chi connectivity index (χ1n) is 8.76. The van der Waals surface area contributed by atoms with Gasteiger partial charge in [0.25, 0.3) is 11.8 Å². The summed E-state index contributed by atoms with van der Waals surface area (Å²) in [5.74, 6) is -1.69. The Morgan fingerprint density at radius 2 is 1.55 bits per heavy atom. The zero-order chi connectivity index (χ0) is 22.7. The number of benzene rings is 2. The van der Waals surface area contributed by atoms with Crippen molar-refractivity contribution in [3.63, 3.8) is 0 Å². The Labute approximate surface area is 197 Å². The molecular weight excluding hydrogens is 483 g/mol. The molecule has 2 aromatic carbocycles. The molecule has 2 amide bonds. The molecule has 0 radical (unpaired) electrons. The topological polar surface area (TPSA) is 84.5 Å². The molecule has 0 saturated carbocycles. The lowest BCUT2D eigenvalue weighted by Crippen LogP contribution is -2.15. The van der Waals surface area contributed by atoms with Crippen LogP contribution in [0.4, 0.5) is 10.7 Å². The van der Waals surface area contributed by atoms with Crippen molar-refractivity contribution in [2.24, 2.45) is 0 Å². The van der Waals surface area contributed by atoms with Crippen LogP contribution in [0.15, 0.2) is 42.5 Å². The predicted molar refractivity (Wildman–Crippen MR) is 124 cm³/mol. The lowest BCUT2D eigenvalue weighted by atomic mass is 10.1. The zero-order valence-corrected chi connectivity index (χ0v) is 19.3. The molecule has 0 aliphatic carbocycles. The summed E-state index contributed by atoms with van der Waals surface area (Å²) in [6.45, 7) is 1.60. The fourth-order valence-corrected chi connectivity index (χ4v) is 4.44. The van der Waals surface area contributed by atoms with E-state index >= 15 is 0 Å². The van der Waals surface area contributed by atoms with Crippen LogP contribution in [-0.2, 0) is 4.74 Å². The monoisotopic (exact) mass is 496 g/mol. The van der Waals surface area contributed by atoms with E-state index < -0.39 is 17.8 Å². The number of hydrogen-bond donors (Lipinski definition) is 2. The van der Waals surface area contributed by atoms with Crippen molar-refractivity contribution in [2.45, 2.75) is 6.92 Å². The first-order valence-corrected chi connectivity index (χ1v) is 10.7. The van der Waals surface area contributed by atoms with Gasteiger partial charge in [0.1, 0.15) is 5.00 Å². The SMILES string of the molecule is COC(=O)c1c(NC(=O)c2ccc(Cl)cc2Cl)sc(C(=O)Nc2ccc(Cl)cc2)c1C. The number of rotatable bonds is 5. The number of carbonyl (C=O) groups excluding carboxylic acids is 3. The molecule has 1 aromatic heterocycles. The fourth-order valence-electron chi connectivity index (χ4n) is 2.73. The molecular formula is C21H15Cl3N2O4S. The normalized spacial score (nSPS) is 10.5. The molecule has 31 heavy (non-hydrogen) atoms. The number of halogens is 3. The number of ether oxygens (including phenoxy) is 1. The van der Waals surface area contributed by atoms with Crippen LogP contribution in [0.1, 0.15) is 36.0 Å². The number of methoxy groups -OCH3 is 1. The number of hydrogen-bond acceptors (Lipinski definition) is 5. The molecule has 1 heterocycles. The molecule has 3 rings (SSSR count). The minimum Gasteiger partial charge on any atom is -0.465 e. The lowest BCUT2D eigenvalue weighted by molar-refractivity contribution is 0.0601. The summed E-state index contributed by atoms with van der Waals surface area (Å²) < 4.78 is 4.84. The fraction of sp³-hybridized carbons (Fsp3) is 0.0952. The smallest absolute Gasteiger partial charge is 0.341 e. The maximum atomic E-state index is 12.8. The highest BCUT2D eigenvalue weighted by Crippen LogP contribution is 2.35. The molecule has 2 N–H and O–H groups in total. The Hall–Kier alpha value is -2.58. The van der Waals surface area contributed by atoms with Crippen LogP contribution in [-0.4, -0.2) is 24.9 Å². The molecule has 0 bridgehead atoms. The highest BCUT2D eigenvalue weighted by Gasteiger charge is 2.27.